The molecule has 5 N–H and O–H groups in total. The molecule has 5 heterocycles. The first-order chi connectivity index (χ1) is 25.3. The molecule has 1 aromatic carbocycles. The maximum absolute atomic E-state index is 13.1. The lowest BCUT2D eigenvalue weighted by Crippen LogP contribution is -2.29. The number of hydrogen-bond acceptors (Lipinski definition) is 11. The van der Waals surface area contributed by atoms with E-state index in [2.05, 4.69) is 36.1 Å². The van der Waals surface area contributed by atoms with Crippen molar-refractivity contribution in [1.29, 1.82) is 0 Å². The number of aliphatic carboxylic acids is 2. The first kappa shape index (κ1) is 40.8. The van der Waals surface area contributed by atoms with Gasteiger partial charge in [0.2, 0.25) is 11.9 Å². The van der Waals surface area contributed by atoms with Crippen molar-refractivity contribution in [3.63, 3.8) is 0 Å². The predicted octanol–water partition coefficient (Wildman–Crippen LogP) is 6.16. The molecule has 22 heteroatoms. The molecule has 15 nitrogen and oxygen atoms in total. The third kappa shape index (κ3) is 11.8. The van der Waals surface area contributed by atoms with E-state index in [0.29, 0.717) is 54.2 Å². The fourth-order valence-electron chi connectivity index (χ4n) is 5.03. The van der Waals surface area contributed by atoms with E-state index in [9.17, 15) is 35.9 Å². The largest absolute Gasteiger partial charge is 0.490 e. The molecule has 6 bridgehead atoms. The van der Waals surface area contributed by atoms with Crippen LogP contribution in [0.4, 0.5) is 55.2 Å². The molecule has 0 unspecified atom stereocenters. The van der Waals surface area contributed by atoms with E-state index in [1.165, 1.54) is 6.20 Å². The van der Waals surface area contributed by atoms with Crippen molar-refractivity contribution in [3.8, 4) is 0 Å². The van der Waals surface area contributed by atoms with Gasteiger partial charge in [-0.15, -0.1) is 0 Å². The number of fused-ring (bicyclic) bond motifs is 6. The number of carbonyl (C=O) groups excluding carboxylic acids is 2. The van der Waals surface area contributed by atoms with Gasteiger partial charge in [0.1, 0.15) is 10.8 Å². The number of carboxylic acid groups (broad SMARTS) is 2. The van der Waals surface area contributed by atoms with Gasteiger partial charge in [0, 0.05) is 43.1 Å². The first-order valence-electron chi connectivity index (χ1n) is 15.5. The maximum Gasteiger partial charge on any atom is 0.490 e. The molecule has 2 aliphatic heterocycles. The summed E-state index contributed by atoms with van der Waals surface area (Å²) in [5, 5.41) is 28.0. The fraction of sp³-hybridized carbons (Fsp3) is 0.312. The Labute approximate surface area is 305 Å². The van der Waals surface area contributed by atoms with Crippen LogP contribution in [0.25, 0.3) is 0 Å². The summed E-state index contributed by atoms with van der Waals surface area (Å²) in [4.78, 5) is 58.4. The Kier molecular flexibility index (Phi) is 13.0. The topological polar surface area (TPSA) is 213 Å². The summed E-state index contributed by atoms with van der Waals surface area (Å²) in [5.74, 6) is -4.25. The highest BCUT2D eigenvalue weighted by Gasteiger charge is 2.39. The van der Waals surface area contributed by atoms with Gasteiger partial charge in [0.15, 0.2) is 11.5 Å². The van der Waals surface area contributed by atoms with Gasteiger partial charge in [0.25, 0.3) is 5.91 Å². The SMILES string of the molecule is Cc1cc(C(=O)N2CC[C@H](CC(=O)Nc3ccc4cc3CCc3cncc(c3)Nc3ncc(Cl)c(n3)N4)C2)no1.O=C(O)C(F)(F)F.O=C(O)C(F)(F)F. The van der Waals surface area contributed by atoms with Gasteiger partial charge in [-0.25, -0.2) is 14.6 Å². The smallest absolute Gasteiger partial charge is 0.475 e. The number of alkyl halides is 6. The second-order valence-electron chi connectivity index (χ2n) is 11.7. The second kappa shape index (κ2) is 17.2. The van der Waals surface area contributed by atoms with Gasteiger partial charge in [0.05, 0.1) is 18.1 Å². The molecule has 2 aliphatic rings. The molecule has 1 saturated heterocycles. The molecule has 54 heavy (non-hydrogen) atoms. The van der Waals surface area contributed by atoms with E-state index < -0.39 is 24.3 Å². The van der Waals surface area contributed by atoms with Crippen molar-refractivity contribution in [3.05, 3.63) is 76.5 Å². The summed E-state index contributed by atoms with van der Waals surface area (Å²) in [6.45, 7) is 2.84. The van der Waals surface area contributed by atoms with E-state index in [-0.39, 0.29) is 17.7 Å². The number of aromatic nitrogens is 4. The molecule has 3 aromatic heterocycles. The summed E-state index contributed by atoms with van der Waals surface area (Å²) in [6, 6.07) is 9.39. The number of benzene rings is 1. The van der Waals surface area contributed by atoms with Crippen LogP contribution in [-0.4, -0.2) is 84.4 Å². The summed E-state index contributed by atoms with van der Waals surface area (Å²) >= 11 is 6.36. The van der Waals surface area contributed by atoms with Gasteiger partial charge in [-0.3, -0.25) is 14.6 Å². The minimum atomic E-state index is -5.08. The number of rotatable bonds is 4. The van der Waals surface area contributed by atoms with Crippen LogP contribution in [0.1, 0.15) is 40.2 Å². The molecular formula is C32H29ClF6N8O7. The Bertz CT molecular complexity index is 1990. The summed E-state index contributed by atoms with van der Waals surface area (Å²) in [7, 11) is 0. The number of aryl methyl sites for hydroxylation is 3. The Balaban J connectivity index is 0.000000396. The highest BCUT2D eigenvalue weighted by molar-refractivity contribution is 6.32. The average molecular weight is 787 g/mol. The number of hydrogen-bond donors (Lipinski definition) is 5. The zero-order chi connectivity index (χ0) is 39.8. The number of amides is 2. The number of nitrogens with one attached hydrogen (secondary N) is 3. The standard InChI is InChI=1S/C28H27ClN8O3.2C2HF3O2/c1-16-8-24(36-40-16)27(39)37-7-6-18(15-37)10-25(38)34-23-5-4-20-11-19(23)3-2-17-9-21(13-30-12-17)33-28-31-14-22(29)26(32-20)35-28;2*3-2(4,5)1(6)7/h4-5,8-9,11-14,18H,2-3,6-7,10,15H2,1H3,(H,34,38)(H2,31,32,33,35);2*(H,6,7)/t18-;;/m1../s1. The molecule has 1 fully saturated rings. The minimum Gasteiger partial charge on any atom is -0.475 e. The van der Waals surface area contributed by atoms with Crippen LogP contribution in [0, 0.1) is 12.8 Å². The number of anilines is 5. The molecule has 1 atom stereocenters. The normalized spacial score (nSPS) is 14.9. The van der Waals surface area contributed by atoms with Gasteiger partial charge < -0.3 is 35.6 Å². The average Bonchev–Trinajstić information content (AvgIpc) is 3.74. The highest BCUT2D eigenvalue weighted by Crippen LogP contribution is 2.30. The van der Waals surface area contributed by atoms with Crippen LogP contribution in [0.15, 0.2) is 53.4 Å². The predicted molar refractivity (Wildman–Crippen MR) is 178 cm³/mol. The van der Waals surface area contributed by atoms with Gasteiger partial charge in [-0.1, -0.05) is 16.8 Å². The number of pyridine rings is 1. The van der Waals surface area contributed by atoms with Crippen molar-refractivity contribution in [2.24, 2.45) is 5.92 Å². The van der Waals surface area contributed by atoms with Crippen LogP contribution in [0.5, 0.6) is 0 Å². The lowest BCUT2D eigenvalue weighted by atomic mass is 10.0. The molecule has 0 saturated carbocycles. The van der Waals surface area contributed by atoms with E-state index in [1.54, 1.807) is 24.1 Å². The second-order valence-corrected chi connectivity index (χ2v) is 12.1. The third-order valence-corrected chi connectivity index (χ3v) is 7.78. The molecule has 4 aromatic rings. The van der Waals surface area contributed by atoms with E-state index in [0.717, 1.165) is 41.0 Å². The lowest BCUT2D eigenvalue weighted by Gasteiger charge is -2.16. The fourth-order valence-corrected chi connectivity index (χ4v) is 5.17. The van der Waals surface area contributed by atoms with Gasteiger partial charge in [-0.05, 0) is 67.5 Å². The Hall–Kier alpha value is -5.99. The zero-order valence-electron chi connectivity index (χ0n) is 27.8. The third-order valence-electron chi connectivity index (χ3n) is 7.50. The number of halogens is 7. The molecule has 0 aliphatic carbocycles. The number of nitrogens with zero attached hydrogens (tertiary/aromatic N) is 5. The monoisotopic (exact) mass is 786 g/mol. The highest BCUT2D eigenvalue weighted by atomic mass is 35.5. The van der Waals surface area contributed by atoms with E-state index in [1.807, 2.05) is 30.5 Å². The van der Waals surface area contributed by atoms with Crippen molar-refractivity contribution in [2.45, 2.75) is 45.0 Å². The van der Waals surface area contributed by atoms with Crippen LogP contribution in [0.2, 0.25) is 5.02 Å². The lowest BCUT2D eigenvalue weighted by molar-refractivity contribution is -0.193. The summed E-state index contributed by atoms with van der Waals surface area (Å²) < 4.78 is 68.5. The molecule has 288 valence electrons. The van der Waals surface area contributed by atoms with Gasteiger partial charge >= 0.3 is 24.3 Å². The summed E-state index contributed by atoms with van der Waals surface area (Å²) in [6.07, 6.45) is -2.62. The van der Waals surface area contributed by atoms with Crippen LogP contribution < -0.4 is 16.0 Å². The van der Waals surface area contributed by atoms with Crippen LogP contribution in [0.3, 0.4) is 0 Å². The minimum absolute atomic E-state index is 0.0679. The Morgan fingerprint density at radius 1 is 0.963 bits per heavy atom. The van der Waals surface area contributed by atoms with Crippen molar-refractivity contribution < 1.29 is 60.3 Å². The molecule has 6 rings (SSSR count). The summed E-state index contributed by atoms with van der Waals surface area (Å²) in [5.41, 5.74) is 4.60. The van der Waals surface area contributed by atoms with Gasteiger partial charge in [-0.2, -0.15) is 31.3 Å². The van der Waals surface area contributed by atoms with E-state index >= 15 is 0 Å². The Morgan fingerprint density at radius 3 is 2.28 bits per heavy atom. The first-order valence-corrected chi connectivity index (χ1v) is 15.9. The van der Waals surface area contributed by atoms with E-state index in [4.69, 9.17) is 35.9 Å². The number of carbonyl (C=O) groups is 4. The van der Waals surface area contributed by atoms with Crippen molar-refractivity contribution in [2.75, 3.05) is 29.0 Å². The Morgan fingerprint density at radius 2 is 1.65 bits per heavy atom. The molecule has 0 spiro atoms. The molecular weight excluding hydrogens is 758 g/mol. The molecule has 2 amide bonds. The maximum atomic E-state index is 13.1. The number of likely N-dealkylation sites (tertiary alicyclic amines) is 1. The number of carboxylic acids is 2. The van der Waals surface area contributed by atoms with Crippen molar-refractivity contribution >= 4 is 64.2 Å². The molecule has 0 radical (unpaired) electrons. The van der Waals surface area contributed by atoms with Crippen LogP contribution in [-0.2, 0) is 27.2 Å². The van der Waals surface area contributed by atoms with Crippen molar-refractivity contribution in [1.82, 2.24) is 25.0 Å². The zero-order valence-corrected chi connectivity index (χ0v) is 28.5. The quantitative estimate of drug-likeness (QED) is 0.147. The van der Waals surface area contributed by atoms with Crippen LogP contribution >= 0.6 is 11.6 Å².